The Morgan fingerprint density at radius 3 is 2.60 bits per heavy atom. The van der Waals surface area contributed by atoms with Crippen molar-refractivity contribution in [1.29, 1.82) is 0 Å². The summed E-state index contributed by atoms with van der Waals surface area (Å²) in [6, 6.07) is 5.64. The number of amides is 1. The standard InChI is InChI=1S/C15H20N4O/c1-11(2)14(12-6-5-8-16-10-12)15(20)19(4)13-7-9-18(3)17-13/h5-11,14H,1-4H3/t14-/m1/s1. The quantitative estimate of drug-likeness (QED) is 0.857. The van der Waals surface area contributed by atoms with Gasteiger partial charge in [-0.2, -0.15) is 5.10 Å². The molecule has 5 heteroatoms. The molecular weight excluding hydrogens is 252 g/mol. The first-order chi connectivity index (χ1) is 9.50. The van der Waals surface area contributed by atoms with Crippen LogP contribution in [0.4, 0.5) is 5.82 Å². The zero-order valence-electron chi connectivity index (χ0n) is 12.3. The molecule has 2 aromatic heterocycles. The second-order valence-electron chi connectivity index (χ2n) is 5.25. The summed E-state index contributed by atoms with van der Waals surface area (Å²) in [5.41, 5.74) is 0.940. The summed E-state index contributed by atoms with van der Waals surface area (Å²) in [6.07, 6.45) is 5.30. The van der Waals surface area contributed by atoms with E-state index in [1.54, 1.807) is 29.0 Å². The molecule has 0 unspecified atom stereocenters. The molecule has 0 N–H and O–H groups in total. The van der Waals surface area contributed by atoms with Crippen molar-refractivity contribution in [2.45, 2.75) is 19.8 Å². The van der Waals surface area contributed by atoms with E-state index in [4.69, 9.17) is 0 Å². The topological polar surface area (TPSA) is 51.0 Å². The second kappa shape index (κ2) is 5.86. The number of hydrogen-bond acceptors (Lipinski definition) is 3. The van der Waals surface area contributed by atoms with Gasteiger partial charge in [-0.25, -0.2) is 0 Å². The van der Waals surface area contributed by atoms with E-state index in [0.29, 0.717) is 5.82 Å². The minimum atomic E-state index is -0.212. The van der Waals surface area contributed by atoms with E-state index < -0.39 is 0 Å². The highest BCUT2D eigenvalue weighted by atomic mass is 16.2. The van der Waals surface area contributed by atoms with E-state index in [1.807, 2.05) is 45.3 Å². The van der Waals surface area contributed by atoms with Crippen LogP contribution in [0.15, 0.2) is 36.8 Å². The Balaban J connectivity index is 2.28. The molecule has 0 bridgehead atoms. The van der Waals surface area contributed by atoms with Gasteiger partial charge < -0.3 is 0 Å². The average molecular weight is 272 g/mol. The molecule has 0 aliphatic rings. The highest BCUT2D eigenvalue weighted by Crippen LogP contribution is 2.27. The van der Waals surface area contributed by atoms with Crippen molar-refractivity contribution in [1.82, 2.24) is 14.8 Å². The molecule has 0 spiro atoms. The first-order valence-electron chi connectivity index (χ1n) is 6.68. The third kappa shape index (κ3) is 2.87. The Hall–Kier alpha value is -2.17. The fourth-order valence-corrected chi connectivity index (χ4v) is 2.28. The molecule has 106 valence electrons. The first-order valence-corrected chi connectivity index (χ1v) is 6.68. The second-order valence-corrected chi connectivity index (χ2v) is 5.25. The largest absolute Gasteiger partial charge is 0.298 e. The van der Waals surface area contributed by atoms with Crippen molar-refractivity contribution in [3.8, 4) is 0 Å². The predicted molar refractivity (Wildman–Crippen MR) is 78.4 cm³/mol. The summed E-state index contributed by atoms with van der Waals surface area (Å²) in [4.78, 5) is 18.5. The number of aryl methyl sites for hydroxylation is 1. The molecule has 20 heavy (non-hydrogen) atoms. The monoisotopic (exact) mass is 272 g/mol. The van der Waals surface area contributed by atoms with Crippen LogP contribution < -0.4 is 4.90 Å². The zero-order valence-corrected chi connectivity index (χ0v) is 12.3. The van der Waals surface area contributed by atoms with Crippen LogP contribution in [-0.4, -0.2) is 27.7 Å². The van der Waals surface area contributed by atoms with Crippen molar-refractivity contribution < 1.29 is 4.79 Å². The minimum Gasteiger partial charge on any atom is -0.298 e. The number of rotatable bonds is 4. The van der Waals surface area contributed by atoms with E-state index in [0.717, 1.165) is 5.56 Å². The number of carbonyl (C=O) groups excluding carboxylic acids is 1. The Bertz CT molecular complexity index is 577. The molecule has 0 aromatic carbocycles. The molecule has 1 amide bonds. The summed E-state index contributed by atoms with van der Waals surface area (Å²) >= 11 is 0. The molecule has 0 saturated carbocycles. The van der Waals surface area contributed by atoms with Crippen molar-refractivity contribution in [2.75, 3.05) is 11.9 Å². The van der Waals surface area contributed by atoms with Crippen molar-refractivity contribution in [3.05, 3.63) is 42.4 Å². The number of anilines is 1. The number of nitrogens with zero attached hydrogens (tertiary/aromatic N) is 4. The van der Waals surface area contributed by atoms with Crippen LogP contribution in [-0.2, 0) is 11.8 Å². The van der Waals surface area contributed by atoms with E-state index in [9.17, 15) is 4.79 Å². The van der Waals surface area contributed by atoms with E-state index in [1.165, 1.54) is 0 Å². The van der Waals surface area contributed by atoms with Crippen LogP contribution >= 0.6 is 0 Å². The zero-order chi connectivity index (χ0) is 14.7. The van der Waals surface area contributed by atoms with Gasteiger partial charge in [-0.05, 0) is 17.5 Å². The molecule has 2 rings (SSSR count). The van der Waals surface area contributed by atoms with E-state index >= 15 is 0 Å². The van der Waals surface area contributed by atoms with Crippen LogP contribution in [0.2, 0.25) is 0 Å². The van der Waals surface area contributed by atoms with Gasteiger partial charge >= 0.3 is 0 Å². The maximum Gasteiger partial charge on any atom is 0.235 e. The lowest BCUT2D eigenvalue weighted by atomic mass is 9.88. The molecule has 1 atom stereocenters. The third-order valence-electron chi connectivity index (χ3n) is 3.35. The van der Waals surface area contributed by atoms with Crippen molar-refractivity contribution in [2.24, 2.45) is 13.0 Å². The smallest absolute Gasteiger partial charge is 0.235 e. The first kappa shape index (κ1) is 14.2. The number of likely N-dealkylation sites (N-methyl/N-ethyl adjacent to an activating group) is 1. The molecule has 0 fully saturated rings. The van der Waals surface area contributed by atoms with E-state index in [2.05, 4.69) is 10.1 Å². The highest BCUT2D eigenvalue weighted by Gasteiger charge is 2.28. The van der Waals surface area contributed by atoms with Crippen LogP contribution in [0.5, 0.6) is 0 Å². The van der Waals surface area contributed by atoms with Gasteiger partial charge in [-0.3, -0.25) is 19.4 Å². The Morgan fingerprint density at radius 1 is 1.35 bits per heavy atom. The highest BCUT2D eigenvalue weighted by molar-refractivity contribution is 5.97. The average Bonchev–Trinajstić information content (AvgIpc) is 2.85. The third-order valence-corrected chi connectivity index (χ3v) is 3.35. The van der Waals surface area contributed by atoms with Gasteiger partial charge in [0, 0.05) is 38.8 Å². The Morgan fingerprint density at radius 2 is 2.10 bits per heavy atom. The summed E-state index contributed by atoms with van der Waals surface area (Å²) in [5.74, 6) is 0.673. The molecule has 2 heterocycles. The summed E-state index contributed by atoms with van der Waals surface area (Å²) in [7, 11) is 3.60. The van der Waals surface area contributed by atoms with Gasteiger partial charge in [0.2, 0.25) is 5.91 Å². The van der Waals surface area contributed by atoms with Gasteiger partial charge in [0.25, 0.3) is 0 Å². The lowest BCUT2D eigenvalue weighted by Gasteiger charge is -2.25. The van der Waals surface area contributed by atoms with Crippen LogP contribution in [0.25, 0.3) is 0 Å². The van der Waals surface area contributed by atoms with Gasteiger partial charge in [0.15, 0.2) is 5.82 Å². The normalized spacial score (nSPS) is 12.4. The maximum atomic E-state index is 12.7. The fraction of sp³-hybridized carbons (Fsp3) is 0.400. The van der Waals surface area contributed by atoms with Crippen LogP contribution in [0, 0.1) is 5.92 Å². The number of aromatic nitrogens is 3. The molecule has 0 aliphatic carbocycles. The Labute approximate surface area is 119 Å². The van der Waals surface area contributed by atoms with Gasteiger partial charge in [-0.1, -0.05) is 19.9 Å². The molecule has 5 nitrogen and oxygen atoms in total. The lowest BCUT2D eigenvalue weighted by Crippen LogP contribution is -2.34. The van der Waals surface area contributed by atoms with Gasteiger partial charge in [0.1, 0.15) is 0 Å². The minimum absolute atomic E-state index is 0.0340. The summed E-state index contributed by atoms with van der Waals surface area (Å²) in [5, 5.41) is 4.27. The predicted octanol–water partition coefficient (Wildman–Crippen LogP) is 2.22. The maximum absolute atomic E-state index is 12.7. The van der Waals surface area contributed by atoms with Crippen LogP contribution in [0.3, 0.4) is 0 Å². The molecule has 0 radical (unpaired) electrons. The number of pyridine rings is 1. The molecule has 2 aromatic rings. The van der Waals surface area contributed by atoms with Crippen molar-refractivity contribution >= 4 is 11.7 Å². The SMILES string of the molecule is CC(C)[C@@H](C(=O)N(C)c1ccn(C)n1)c1cccnc1. The van der Waals surface area contributed by atoms with Crippen molar-refractivity contribution in [3.63, 3.8) is 0 Å². The molecular formula is C15H20N4O. The molecule has 0 saturated heterocycles. The van der Waals surface area contributed by atoms with E-state index in [-0.39, 0.29) is 17.7 Å². The summed E-state index contributed by atoms with van der Waals surface area (Å²) < 4.78 is 1.69. The Kier molecular flexibility index (Phi) is 4.17. The van der Waals surface area contributed by atoms with Gasteiger partial charge in [0.05, 0.1) is 5.92 Å². The fourth-order valence-electron chi connectivity index (χ4n) is 2.28. The lowest BCUT2D eigenvalue weighted by molar-refractivity contribution is -0.120. The number of carbonyl (C=O) groups is 1. The molecule has 0 aliphatic heterocycles. The van der Waals surface area contributed by atoms with Gasteiger partial charge in [-0.15, -0.1) is 0 Å². The van der Waals surface area contributed by atoms with Crippen LogP contribution in [0.1, 0.15) is 25.3 Å². The summed E-state index contributed by atoms with van der Waals surface area (Å²) in [6.45, 7) is 4.09. The number of hydrogen-bond donors (Lipinski definition) is 0.